The second-order valence-corrected chi connectivity index (χ2v) is 15.1. The van der Waals surface area contributed by atoms with Crippen molar-refractivity contribution in [2.75, 3.05) is 66.1 Å². The van der Waals surface area contributed by atoms with Crippen LogP contribution in [0.25, 0.3) is 0 Å². The molecule has 0 spiro atoms. The van der Waals surface area contributed by atoms with Gasteiger partial charge in [-0.1, -0.05) is 32.9 Å². The van der Waals surface area contributed by atoms with E-state index in [-0.39, 0.29) is 177 Å². The van der Waals surface area contributed by atoms with E-state index in [2.05, 4.69) is 80.3 Å². The van der Waals surface area contributed by atoms with Crippen LogP contribution in [0.4, 0.5) is 0 Å². The second-order valence-electron chi connectivity index (χ2n) is 15.1. The topological polar surface area (TPSA) is 348 Å². The Morgan fingerprint density at radius 2 is 0.329 bits per heavy atom. The van der Waals surface area contributed by atoms with E-state index in [0.29, 0.717) is 0 Å². The average Bonchev–Trinajstić information content (AvgIpc) is 3.27. The third-order valence-electron chi connectivity index (χ3n) is 6.61. The Bertz CT molecular complexity index is 1740. The zero-order valence-corrected chi connectivity index (χ0v) is 48.0. The molecule has 76 heavy (non-hydrogen) atoms. The number of esters is 10. The molecule has 0 fully saturated rings. The van der Waals surface area contributed by atoms with Crippen molar-refractivity contribution in [3.63, 3.8) is 0 Å². The molecule has 25 nitrogen and oxygen atoms in total. The van der Waals surface area contributed by atoms with E-state index in [0.717, 1.165) is 0 Å². The number of ketones is 5. The molecule has 420 valence electrons. The van der Waals surface area contributed by atoms with Gasteiger partial charge in [0.05, 0.1) is 0 Å². The Hall–Kier alpha value is -7.51. The van der Waals surface area contributed by atoms with Gasteiger partial charge in [-0.3, -0.25) is 47.9 Å². The summed E-state index contributed by atoms with van der Waals surface area (Å²) in [7, 11) is 0. The summed E-state index contributed by atoms with van der Waals surface area (Å²) >= 11 is 0. The molecular formula is C50H70O25Ta+5. The number of hydrogen-bond acceptors (Lipinski definition) is 25. The molecule has 0 aromatic carbocycles. The van der Waals surface area contributed by atoms with Gasteiger partial charge in [-0.25, -0.2) is 24.0 Å². The summed E-state index contributed by atoms with van der Waals surface area (Å²) in [6.45, 7) is 30.6. The molecule has 0 aromatic rings. The van der Waals surface area contributed by atoms with Gasteiger partial charge in [-0.2, -0.15) is 0 Å². The van der Waals surface area contributed by atoms with Gasteiger partial charge in [0.1, 0.15) is 127 Å². The van der Waals surface area contributed by atoms with Crippen LogP contribution in [0.15, 0.2) is 60.8 Å². The first kappa shape index (κ1) is 79.9. The van der Waals surface area contributed by atoms with Crippen LogP contribution in [-0.2, 0) is 142 Å². The predicted molar refractivity (Wildman–Crippen MR) is 260 cm³/mol. The van der Waals surface area contributed by atoms with E-state index in [1.54, 1.807) is 0 Å². The summed E-state index contributed by atoms with van der Waals surface area (Å²) in [5.41, 5.74) is 1.41. The normalized spacial score (nSPS) is 9.08. The summed E-state index contributed by atoms with van der Waals surface area (Å²) in [6.07, 6.45) is -1.28. The number of ether oxygens (including phenoxy) is 10. The fraction of sp³-hybridized carbons (Fsp3) is 0.500. The summed E-state index contributed by atoms with van der Waals surface area (Å²) < 4.78 is 46.4. The van der Waals surface area contributed by atoms with E-state index >= 15 is 0 Å². The molecule has 0 radical (unpaired) electrons. The third kappa shape index (κ3) is 62.6. The summed E-state index contributed by atoms with van der Waals surface area (Å²) in [6, 6.07) is 0. The minimum absolute atomic E-state index is 0. The Morgan fingerprint density at radius 3 is 0.421 bits per heavy atom. The quantitative estimate of drug-likeness (QED) is 0.0328. The van der Waals surface area contributed by atoms with Crippen LogP contribution in [0.3, 0.4) is 0 Å². The van der Waals surface area contributed by atoms with Crippen molar-refractivity contribution in [3.05, 3.63) is 60.8 Å². The maximum Gasteiger partial charge on any atom is 5.00 e. The standard InChI is InChI=1S/5C10H14O5.Ta/c5*1-7(2)10(13)15-5-4-14-9(12)6-8(3)11;/h5*1,4-6H2,2-3H3;/q;;;;;+5. The molecule has 0 aliphatic heterocycles. The van der Waals surface area contributed by atoms with E-state index < -0.39 is 59.7 Å². The van der Waals surface area contributed by atoms with Gasteiger partial charge in [0.25, 0.3) is 0 Å². The van der Waals surface area contributed by atoms with E-state index in [9.17, 15) is 71.9 Å². The van der Waals surface area contributed by atoms with Crippen molar-refractivity contribution in [1.82, 2.24) is 0 Å². The van der Waals surface area contributed by atoms with Crippen molar-refractivity contribution in [2.45, 2.75) is 101 Å². The van der Waals surface area contributed by atoms with Crippen molar-refractivity contribution in [2.24, 2.45) is 0 Å². The SMILES string of the molecule is C=C(C)C(=O)OCCOC(=O)CC(C)=O.C=C(C)C(=O)OCCOC(=O)CC(C)=O.C=C(C)C(=O)OCCOC(=O)CC(C)=O.C=C(C)C(=O)OCCOC(=O)CC(C)=O.C=C(C)C(=O)OCCOC(=O)CC(C)=O.[Ta+5]. The number of carbonyl (C=O) groups is 15. The first-order chi connectivity index (χ1) is 34.7. The van der Waals surface area contributed by atoms with Crippen molar-refractivity contribution in [3.8, 4) is 0 Å². The molecule has 0 atom stereocenters. The smallest absolute Gasteiger partial charge is 0.462 e. The van der Waals surface area contributed by atoms with E-state index in [1.165, 1.54) is 69.2 Å². The summed E-state index contributed by atoms with van der Waals surface area (Å²) in [5, 5.41) is 0. The minimum Gasteiger partial charge on any atom is -0.462 e. The summed E-state index contributed by atoms with van der Waals surface area (Å²) in [4.78, 5) is 161. The molecule has 0 saturated carbocycles. The molecule has 0 saturated heterocycles. The molecule has 0 heterocycles. The van der Waals surface area contributed by atoms with Crippen LogP contribution < -0.4 is 0 Å². The van der Waals surface area contributed by atoms with Crippen LogP contribution in [0, 0.1) is 0 Å². The molecule has 0 N–H and O–H groups in total. The van der Waals surface area contributed by atoms with Crippen LogP contribution in [-0.4, -0.2) is 155 Å². The third-order valence-corrected chi connectivity index (χ3v) is 6.61. The minimum atomic E-state index is -0.617. The van der Waals surface area contributed by atoms with E-state index in [4.69, 9.17) is 0 Å². The zero-order valence-electron chi connectivity index (χ0n) is 44.8. The van der Waals surface area contributed by atoms with Crippen LogP contribution in [0.1, 0.15) is 101 Å². The maximum absolute atomic E-state index is 10.8. The first-order valence-corrected chi connectivity index (χ1v) is 22.0. The summed E-state index contributed by atoms with van der Waals surface area (Å²) in [5.74, 6) is -7.06. The Kier molecular flexibility index (Phi) is 52.2. The van der Waals surface area contributed by atoms with Gasteiger partial charge in [0, 0.05) is 27.9 Å². The largest absolute Gasteiger partial charge is 5.00 e. The maximum atomic E-state index is 10.8. The Balaban J connectivity index is -0.000000201. The van der Waals surface area contributed by atoms with Crippen molar-refractivity contribution < 1.29 is 142 Å². The van der Waals surface area contributed by atoms with Gasteiger partial charge in [0.2, 0.25) is 0 Å². The Morgan fingerprint density at radius 1 is 0.224 bits per heavy atom. The molecule has 0 amide bonds. The van der Waals surface area contributed by atoms with Crippen molar-refractivity contribution in [1.29, 1.82) is 0 Å². The van der Waals surface area contributed by atoms with Crippen molar-refractivity contribution >= 4 is 88.6 Å². The first-order valence-electron chi connectivity index (χ1n) is 22.0. The molecule has 26 heteroatoms. The van der Waals surface area contributed by atoms with Crippen LogP contribution in [0.5, 0.6) is 0 Å². The van der Waals surface area contributed by atoms with Gasteiger partial charge in [0.15, 0.2) is 0 Å². The second kappa shape index (κ2) is 49.7. The van der Waals surface area contributed by atoms with Gasteiger partial charge >= 0.3 is 82.1 Å². The molecule has 0 unspecified atom stereocenters. The predicted octanol–water partition coefficient (Wildman–Crippen LogP) is 3.14. The number of rotatable bonds is 30. The molecule has 0 aromatic heterocycles. The average molecular weight is 1250 g/mol. The monoisotopic (exact) mass is 1250 g/mol. The fourth-order valence-electron chi connectivity index (χ4n) is 3.34. The van der Waals surface area contributed by atoms with E-state index in [1.807, 2.05) is 0 Å². The fourth-order valence-corrected chi connectivity index (χ4v) is 3.34. The molecule has 0 aliphatic carbocycles. The van der Waals surface area contributed by atoms with Crippen LogP contribution >= 0.6 is 0 Å². The van der Waals surface area contributed by atoms with Gasteiger partial charge in [-0.15, -0.1) is 0 Å². The van der Waals surface area contributed by atoms with Gasteiger partial charge < -0.3 is 47.4 Å². The molecule has 0 rings (SSSR count). The van der Waals surface area contributed by atoms with Gasteiger partial charge in [-0.05, 0) is 69.2 Å². The number of carbonyl (C=O) groups excluding carboxylic acids is 15. The number of hydrogen-bond donors (Lipinski definition) is 0. The zero-order chi connectivity index (χ0) is 59.2. The number of Topliss-reactive ketones (excluding diaryl/α,β-unsaturated/α-hetero) is 5. The molecular weight excluding hydrogens is 1180 g/mol. The molecule has 0 bridgehead atoms. The van der Waals surface area contributed by atoms with Crippen LogP contribution in [0.2, 0.25) is 0 Å². The molecule has 0 aliphatic rings. The Labute approximate surface area is 456 Å².